The van der Waals surface area contributed by atoms with Crippen molar-refractivity contribution in [2.24, 2.45) is 5.92 Å². The number of carbonyl (C=O) groups excluding carboxylic acids is 1. The van der Waals surface area contributed by atoms with E-state index in [0.717, 1.165) is 19.6 Å². The Morgan fingerprint density at radius 1 is 1.27 bits per heavy atom. The Labute approximate surface area is 133 Å². The second-order valence-electron chi connectivity index (χ2n) is 7.23. The van der Waals surface area contributed by atoms with Gasteiger partial charge < -0.3 is 10.1 Å². The van der Waals surface area contributed by atoms with Crippen LogP contribution < -0.4 is 5.32 Å². The monoisotopic (exact) mass is 304 g/mol. The summed E-state index contributed by atoms with van der Waals surface area (Å²) in [5, 5.41) is 3.35. The molecule has 1 aromatic carbocycles. The zero-order valence-corrected chi connectivity index (χ0v) is 14.1. The van der Waals surface area contributed by atoms with Gasteiger partial charge in [0, 0.05) is 25.7 Å². The molecule has 2 rings (SSSR count). The normalized spacial score (nSPS) is 22.7. The molecule has 122 valence electrons. The molecule has 1 aliphatic rings. The van der Waals surface area contributed by atoms with E-state index in [1.165, 1.54) is 5.56 Å². The predicted molar refractivity (Wildman–Crippen MR) is 88.5 cm³/mol. The molecular formula is C18H28N2O2. The van der Waals surface area contributed by atoms with Crippen molar-refractivity contribution < 1.29 is 9.53 Å². The summed E-state index contributed by atoms with van der Waals surface area (Å²) in [6.07, 6.45) is 0. The maximum atomic E-state index is 11.8. The summed E-state index contributed by atoms with van der Waals surface area (Å²) < 4.78 is 5.34. The van der Waals surface area contributed by atoms with E-state index in [-0.39, 0.29) is 12.5 Å². The zero-order valence-electron chi connectivity index (χ0n) is 14.1. The number of carbonyl (C=O) groups is 1. The summed E-state index contributed by atoms with van der Waals surface area (Å²) in [6, 6.07) is 10.9. The van der Waals surface area contributed by atoms with Crippen LogP contribution in [0.25, 0.3) is 0 Å². The molecule has 4 nitrogen and oxygen atoms in total. The highest BCUT2D eigenvalue weighted by Crippen LogP contribution is 2.19. The molecule has 0 bridgehead atoms. The fourth-order valence-corrected chi connectivity index (χ4v) is 2.90. The molecule has 2 atom stereocenters. The van der Waals surface area contributed by atoms with E-state index in [1.807, 2.05) is 26.8 Å². The van der Waals surface area contributed by atoms with E-state index in [4.69, 9.17) is 4.74 Å². The van der Waals surface area contributed by atoms with Gasteiger partial charge >= 0.3 is 5.97 Å². The van der Waals surface area contributed by atoms with Gasteiger partial charge in [-0.3, -0.25) is 9.69 Å². The molecule has 1 N–H and O–H groups in total. The molecule has 1 heterocycles. The van der Waals surface area contributed by atoms with Crippen molar-refractivity contribution in [1.29, 1.82) is 0 Å². The lowest BCUT2D eigenvalue weighted by Crippen LogP contribution is -2.40. The van der Waals surface area contributed by atoms with Gasteiger partial charge in [-0.15, -0.1) is 0 Å². The van der Waals surface area contributed by atoms with Gasteiger partial charge in [0.05, 0.1) is 6.54 Å². The van der Waals surface area contributed by atoms with E-state index >= 15 is 0 Å². The number of ether oxygens (including phenoxy) is 1. The van der Waals surface area contributed by atoms with Gasteiger partial charge in [0.1, 0.15) is 5.60 Å². The van der Waals surface area contributed by atoms with Crippen LogP contribution in [-0.4, -0.2) is 42.1 Å². The largest absolute Gasteiger partial charge is 0.459 e. The number of hydrogen-bond donors (Lipinski definition) is 1. The number of hydrogen-bond acceptors (Lipinski definition) is 4. The van der Waals surface area contributed by atoms with Crippen LogP contribution >= 0.6 is 0 Å². The summed E-state index contributed by atoms with van der Waals surface area (Å²) in [4.78, 5) is 14.2. The minimum absolute atomic E-state index is 0.179. The minimum atomic E-state index is -0.417. The molecule has 0 unspecified atom stereocenters. The van der Waals surface area contributed by atoms with Crippen LogP contribution in [0, 0.1) is 5.92 Å². The summed E-state index contributed by atoms with van der Waals surface area (Å²) in [5.41, 5.74) is 0.918. The highest BCUT2D eigenvalue weighted by molar-refractivity contribution is 5.72. The summed E-state index contributed by atoms with van der Waals surface area (Å²) >= 11 is 0. The molecule has 1 saturated heterocycles. The summed E-state index contributed by atoms with van der Waals surface area (Å²) in [6.45, 7) is 11.2. The van der Waals surface area contributed by atoms with Crippen molar-refractivity contribution in [3.05, 3.63) is 35.9 Å². The number of esters is 1. The third-order valence-electron chi connectivity index (χ3n) is 3.87. The summed E-state index contributed by atoms with van der Waals surface area (Å²) in [7, 11) is 0. The van der Waals surface area contributed by atoms with Crippen molar-refractivity contribution in [2.45, 2.75) is 45.9 Å². The molecule has 22 heavy (non-hydrogen) atoms. The molecule has 0 aliphatic carbocycles. The van der Waals surface area contributed by atoms with E-state index in [1.54, 1.807) is 0 Å². The molecule has 1 aliphatic heterocycles. The topological polar surface area (TPSA) is 41.6 Å². The predicted octanol–water partition coefficient (Wildman–Crippen LogP) is 2.44. The van der Waals surface area contributed by atoms with E-state index in [2.05, 4.69) is 41.4 Å². The SMILES string of the molecule is C[C@@H]1CN(Cc2ccccc2)C[C@H]1NCC(=O)OC(C)(C)C. The quantitative estimate of drug-likeness (QED) is 0.848. The third-order valence-corrected chi connectivity index (χ3v) is 3.87. The minimum Gasteiger partial charge on any atom is -0.459 e. The number of rotatable bonds is 5. The van der Waals surface area contributed by atoms with Crippen LogP contribution in [0.3, 0.4) is 0 Å². The van der Waals surface area contributed by atoms with Gasteiger partial charge in [-0.1, -0.05) is 37.3 Å². The Balaban J connectivity index is 1.78. The van der Waals surface area contributed by atoms with Crippen LogP contribution in [0.4, 0.5) is 0 Å². The van der Waals surface area contributed by atoms with Crippen LogP contribution in [0.15, 0.2) is 30.3 Å². The Kier molecular flexibility index (Phi) is 5.59. The molecule has 4 heteroatoms. The van der Waals surface area contributed by atoms with Gasteiger partial charge in [0.25, 0.3) is 0 Å². The van der Waals surface area contributed by atoms with Crippen molar-refractivity contribution in [2.75, 3.05) is 19.6 Å². The molecule has 1 fully saturated rings. The maximum Gasteiger partial charge on any atom is 0.320 e. The van der Waals surface area contributed by atoms with Crippen molar-refractivity contribution >= 4 is 5.97 Å². The first-order valence-corrected chi connectivity index (χ1v) is 8.05. The van der Waals surface area contributed by atoms with Crippen molar-refractivity contribution in [3.63, 3.8) is 0 Å². The average molecular weight is 304 g/mol. The number of nitrogens with zero attached hydrogens (tertiary/aromatic N) is 1. The lowest BCUT2D eigenvalue weighted by molar-refractivity contribution is -0.153. The van der Waals surface area contributed by atoms with E-state index in [0.29, 0.717) is 12.0 Å². The zero-order chi connectivity index (χ0) is 16.2. The summed E-state index contributed by atoms with van der Waals surface area (Å²) in [5.74, 6) is 0.354. The number of nitrogens with one attached hydrogen (secondary N) is 1. The Morgan fingerprint density at radius 2 is 1.95 bits per heavy atom. The molecule has 0 radical (unpaired) electrons. The fraction of sp³-hybridized carbons (Fsp3) is 0.611. The molecule has 0 saturated carbocycles. The van der Waals surface area contributed by atoms with Crippen LogP contribution in [0.1, 0.15) is 33.3 Å². The van der Waals surface area contributed by atoms with Gasteiger partial charge in [-0.05, 0) is 32.3 Å². The number of benzene rings is 1. The molecular weight excluding hydrogens is 276 g/mol. The molecule has 0 spiro atoms. The first-order valence-electron chi connectivity index (χ1n) is 8.05. The van der Waals surface area contributed by atoms with E-state index < -0.39 is 5.60 Å². The van der Waals surface area contributed by atoms with Crippen LogP contribution in [-0.2, 0) is 16.1 Å². The smallest absolute Gasteiger partial charge is 0.320 e. The Bertz CT molecular complexity index is 482. The maximum absolute atomic E-state index is 11.8. The second kappa shape index (κ2) is 7.25. The highest BCUT2D eigenvalue weighted by Gasteiger charge is 2.29. The van der Waals surface area contributed by atoms with Crippen molar-refractivity contribution in [3.8, 4) is 0 Å². The van der Waals surface area contributed by atoms with Crippen LogP contribution in [0.5, 0.6) is 0 Å². The van der Waals surface area contributed by atoms with Crippen molar-refractivity contribution in [1.82, 2.24) is 10.2 Å². The first kappa shape index (κ1) is 17.0. The van der Waals surface area contributed by atoms with E-state index in [9.17, 15) is 4.79 Å². The van der Waals surface area contributed by atoms with Gasteiger partial charge in [-0.25, -0.2) is 0 Å². The second-order valence-corrected chi connectivity index (χ2v) is 7.23. The first-order chi connectivity index (χ1) is 10.3. The standard InChI is InChI=1S/C18H28N2O2/c1-14-11-20(12-15-8-6-5-7-9-15)13-16(14)19-10-17(21)22-18(2,3)4/h5-9,14,16,19H,10-13H2,1-4H3/t14-,16-/m1/s1. The molecule has 0 aromatic heterocycles. The van der Waals surface area contributed by atoms with Gasteiger partial charge in [0.15, 0.2) is 0 Å². The average Bonchev–Trinajstić information content (AvgIpc) is 2.76. The fourth-order valence-electron chi connectivity index (χ4n) is 2.90. The van der Waals surface area contributed by atoms with Crippen LogP contribution in [0.2, 0.25) is 0 Å². The Hall–Kier alpha value is -1.39. The molecule has 1 aromatic rings. The highest BCUT2D eigenvalue weighted by atomic mass is 16.6. The molecule has 0 amide bonds. The number of likely N-dealkylation sites (tertiary alicyclic amines) is 1. The lowest BCUT2D eigenvalue weighted by atomic mass is 10.1. The Morgan fingerprint density at radius 3 is 2.59 bits per heavy atom. The van der Waals surface area contributed by atoms with Gasteiger partial charge in [0.2, 0.25) is 0 Å². The van der Waals surface area contributed by atoms with Gasteiger partial charge in [-0.2, -0.15) is 0 Å². The lowest BCUT2D eigenvalue weighted by Gasteiger charge is -2.21. The third kappa shape index (κ3) is 5.43.